The van der Waals surface area contributed by atoms with E-state index in [1.807, 2.05) is 6.08 Å². The molecule has 24 heavy (non-hydrogen) atoms. The van der Waals surface area contributed by atoms with Gasteiger partial charge in [-0.25, -0.2) is 4.79 Å². The van der Waals surface area contributed by atoms with E-state index in [4.69, 9.17) is 9.84 Å². The minimum Gasteiger partial charge on any atom is -0.456 e. The second-order valence-corrected chi connectivity index (χ2v) is 6.45. The first kappa shape index (κ1) is 20.9. The molecule has 0 bridgehead atoms. The van der Waals surface area contributed by atoms with Crippen LogP contribution in [0, 0.1) is 0 Å². The molecule has 3 atom stereocenters. The molecule has 1 fully saturated rings. The second kappa shape index (κ2) is 12.2. The van der Waals surface area contributed by atoms with E-state index in [-0.39, 0.29) is 12.6 Å². The molecule has 3 N–H and O–H groups in total. The van der Waals surface area contributed by atoms with Crippen LogP contribution < -0.4 is 0 Å². The minimum absolute atomic E-state index is 0.0209. The van der Waals surface area contributed by atoms with Crippen LogP contribution in [-0.4, -0.2) is 46.2 Å². The van der Waals surface area contributed by atoms with Crippen molar-refractivity contribution in [1.29, 1.82) is 0 Å². The lowest BCUT2D eigenvalue weighted by molar-refractivity contribution is -0.138. The van der Waals surface area contributed by atoms with Crippen molar-refractivity contribution >= 4 is 5.97 Å². The maximum atomic E-state index is 11.5. The summed E-state index contributed by atoms with van der Waals surface area (Å²) in [6.07, 6.45) is 12.7. The topological polar surface area (TPSA) is 87.0 Å². The van der Waals surface area contributed by atoms with Gasteiger partial charge in [0.15, 0.2) is 0 Å². The highest BCUT2D eigenvalue weighted by Crippen LogP contribution is 2.22. The van der Waals surface area contributed by atoms with Crippen LogP contribution in [0.1, 0.15) is 64.7 Å². The van der Waals surface area contributed by atoms with Crippen molar-refractivity contribution < 1.29 is 24.9 Å². The lowest BCUT2D eigenvalue weighted by Crippen LogP contribution is -2.17. The van der Waals surface area contributed by atoms with Gasteiger partial charge in [-0.05, 0) is 26.2 Å². The van der Waals surface area contributed by atoms with E-state index < -0.39 is 18.3 Å². The SMILES string of the molecule is CC1OC(=O)C(=CCCCCCCCCCC(O)C=CCO)C1O. The monoisotopic (exact) mass is 340 g/mol. The molecule has 0 amide bonds. The molecule has 5 heteroatoms. The van der Waals surface area contributed by atoms with Crippen LogP contribution in [0.15, 0.2) is 23.8 Å². The lowest BCUT2D eigenvalue weighted by Gasteiger charge is -2.05. The highest BCUT2D eigenvalue weighted by molar-refractivity contribution is 5.92. The molecule has 3 unspecified atom stereocenters. The van der Waals surface area contributed by atoms with Gasteiger partial charge in [0.1, 0.15) is 12.2 Å². The summed E-state index contributed by atoms with van der Waals surface area (Å²) >= 11 is 0. The molecule has 0 aliphatic carbocycles. The number of aliphatic hydroxyl groups is 3. The average Bonchev–Trinajstić information content (AvgIpc) is 2.80. The zero-order chi connectivity index (χ0) is 17.8. The van der Waals surface area contributed by atoms with Crippen molar-refractivity contribution in [2.45, 2.75) is 83.0 Å². The van der Waals surface area contributed by atoms with Crippen LogP contribution in [0.5, 0.6) is 0 Å². The molecule has 1 saturated heterocycles. The molecule has 1 rings (SSSR count). The van der Waals surface area contributed by atoms with Gasteiger partial charge >= 0.3 is 5.97 Å². The summed E-state index contributed by atoms with van der Waals surface area (Å²) in [4.78, 5) is 11.5. The van der Waals surface area contributed by atoms with Crippen LogP contribution in [0.2, 0.25) is 0 Å². The number of hydrogen-bond donors (Lipinski definition) is 3. The molecule has 0 aromatic carbocycles. The van der Waals surface area contributed by atoms with Gasteiger partial charge in [-0.3, -0.25) is 0 Å². The summed E-state index contributed by atoms with van der Waals surface area (Å²) in [5.41, 5.74) is 0.413. The number of unbranched alkanes of at least 4 members (excludes halogenated alkanes) is 7. The number of carbonyl (C=O) groups is 1. The molecule has 0 radical (unpaired) electrons. The van der Waals surface area contributed by atoms with Crippen LogP contribution in [-0.2, 0) is 9.53 Å². The Labute approximate surface area is 145 Å². The first-order valence-electron chi connectivity index (χ1n) is 9.11. The maximum absolute atomic E-state index is 11.5. The summed E-state index contributed by atoms with van der Waals surface area (Å²) in [6.45, 7) is 1.68. The van der Waals surface area contributed by atoms with Crippen molar-refractivity contribution in [2.75, 3.05) is 6.61 Å². The quantitative estimate of drug-likeness (QED) is 0.220. The van der Waals surface area contributed by atoms with Crippen molar-refractivity contribution in [3.8, 4) is 0 Å². The number of ether oxygens (including phenoxy) is 1. The summed E-state index contributed by atoms with van der Waals surface area (Å²) in [5.74, 6) is -0.383. The van der Waals surface area contributed by atoms with Gasteiger partial charge in [0.25, 0.3) is 0 Å². The molecule has 0 aromatic rings. The van der Waals surface area contributed by atoms with Crippen molar-refractivity contribution in [3.63, 3.8) is 0 Å². The molecule has 0 aromatic heterocycles. The van der Waals surface area contributed by atoms with Gasteiger partial charge in [-0.2, -0.15) is 0 Å². The van der Waals surface area contributed by atoms with Crippen LogP contribution in [0.4, 0.5) is 0 Å². The van der Waals surface area contributed by atoms with Crippen molar-refractivity contribution in [2.24, 2.45) is 0 Å². The molecule has 0 saturated carbocycles. The van der Waals surface area contributed by atoms with E-state index in [1.165, 1.54) is 19.3 Å². The van der Waals surface area contributed by atoms with Gasteiger partial charge < -0.3 is 20.1 Å². The highest BCUT2D eigenvalue weighted by Gasteiger charge is 2.34. The zero-order valence-corrected chi connectivity index (χ0v) is 14.7. The summed E-state index contributed by atoms with van der Waals surface area (Å²) in [7, 11) is 0. The summed E-state index contributed by atoms with van der Waals surface area (Å²) < 4.78 is 4.97. The molecule has 5 nitrogen and oxygen atoms in total. The van der Waals surface area contributed by atoms with E-state index >= 15 is 0 Å². The highest BCUT2D eigenvalue weighted by atomic mass is 16.6. The molecular formula is C19H32O5. The normalized spacial score (nSPS) is 24.0. The molecule has 1 aliphatic rings. The molecule has 1 heterocycles. The van der Waals surface area contributed by atoms with Gasteiger partial charge in [0.2, 0.25) is 0 Å². The van der Waals surface area contributed by atoms with Crippen LogP contribution in [0.25, 0.3) is 0 Å². The van der Waals surface area contributed by atoms with Gasteiger partial charge in [0, 0.05) is 0 Å². The van der Waals surface area contributed by atoms with Crippen molar-refractivity contribution in [1.82, 2.24) is 0 Å². The predicted molar refractivity (Wildman–Crippen MR) is 93.4 cm³/mol. The first-order valence-corrected chi connectivity index (χ1v) is 9.11. The number of cyclic esters (lactones) is 1. The van der Waals surface area contributed by atoms with E-state index in [9.17, 15) is 15.0 Å². The van der Waals surface area contributed by atoms with Gasteiger partial charge in [-0.15, -0.1) is 0 Å². The molecular weight excluding hydrogens is 308 g/mol. The average molecular weight is 340 g/mol. The number of carbonyl (C=O) groups excluding carboxylic acids is 1. The van der Waals surface area contributed by atoms with Crippen LogP contribution >= 0.6 is 0 Å². The first-order chi connectivity index (χ1) is 11.6. The molecule has 138 valence electrons. The van der Waals surface area contributed by atoms with E-state index in [0.717, 1.165) is 38.5 Å². The Morgan fingerprint density at radius 2 is 1.75 bits per heavy atom. The zero-order valence-electron chi connectivity index (χ0n) is 14.7. The standard InChI is InChI=1S/C19H32O5/c1-15-18(22)17(19(23)24-15)13-9-7-5-3-2-4-6-8-11-16(21)12-10-14-20/h10,12-13,15-16,18,20-22H,2-9,11,14H2,1H3. The predicted octanol–water partition coefficient (Wildman–Crippen LogP) is 2.64. The van der Waals surface area contributed by atoms with E-state index in [1.54, 1.807) is 19.1 Å². The largest absolute Gasteiger partial charge is 0.456 e. The Balaban J connectivity index is 1.96. The van der Waals surface area contributed by atoms with Crippen LogP contribution in [0.3, 0.4) is 0 Å². The Bertz CT molecular complexity index is 416. The third kappa shape index (κ3) is 8.08. The lowest BCUT2D eigenvalue weighted by atomic mass is 10.0. The fourth-order valence-electron chi connectivity index (χ4n) is 2.83. The number of hydrogen-bond acceptors (Lipinski definition) is 5. The van der Waals surface area contributed by atoms with E-state index in [0.29, 0.717) is 5.57 Å². The Hall–Kier alpha value is -1.17. The number of allylic oxidation sites excluding steroid dienone is 1. The number of rotatable bonds is 12. The summed E-state index contributed by atoms with van der Waals surface area (Å²) in [6, 6.07) is 0. The Morgan fingerprint density at radius 1 is 1.12 bits per heavy atom. The minimum atomic E-state index is -0.778. The summed E-state index contributed by atoms with van der Waals surface area (Å²) in [5, 5.41) is 28.0. The van der Waals surface area contributed by atoms with Gasteiger partial charge in [0.05, 0.1) is 18.3 Å². The Kier molecular flexibility index (Phi) is 10.6. The maximum Gasteiger partial charge on any atom is 0.336 e. The third-order valence-electron chi connectivity index (χ3n) is 4.32. The smallest absolute Gasteiger partial charge is 0.336 e. The van der Waals surface area contributed by atoms with Crippen molar-refractivity contribution in [3.05, 3.63) is 23.8 Å². The third-order valence-corrected chi connectivity index (χ3v) is 4.32. The fourth-order valence-corrected chi connectivity index (χ4v) is 2.83. The number of aliphatic hydroxyl groups excluding tert-OH is 3. The van der Waals surface area contributed by atoms with E-state index in [2.05, 4.69) is 0 Å². The fraction of sp³-hybridized carbons (Fsp3) is 0.737. The number of esters is 1. The van der Waals surface area contributed by atoms with Gasteiger partial charge in [-0.1, -0.05) is 56.8 Å². The molecule has 1 aliphatic heterocycles. The molecule has 0 spiro atoms. The Morgan fingerprint density at radius 3 is 2.33 bits per heavy atom. The second-order valence-electron chi connectivity index (χ2n) is 6.45.